The summed E-state index contributed by atoms with van der Waals surface area (Å²) in [5.41, 5.74) is 6.90. The fourth-order valence-electron chi connectivity index (χ4n) is 1.95. The first-order chi connectivity index (χ1) is 8.60. The number of halogens is 1. The standard InChI is InChI=1S/C13H18ClN3O/c1-2-17(10-4-5-10)8-13(18)16-12-7-9(14)3-6-11(12)15/h3,6-7,10H,2,4-5,8,15H2,1H3,(H,16,18). The lowest BCUT2D eigenvalue weighted by Crippen LogP contribution is -2.34. The molecule has 4 nitrogen and oxygen atoms in total. The first-order valence-corrected chi connectivity index (χ1v) is 6.57. The van der Waals surface area contributed by atoms with Crippen molar-refractivity contribution in [2.45, 2.75) is 25.8 Å². The van der Waals surface area contributed by atoms with Gasteiger partial charge >= 0.3 is 0 Å². The van der Waals surface area contributed by atoms with E-state index in [1.807, 2.05) is 0 Å². The Morgan fingerprint density at radius 2 is 2.28 bits per heavy atom. The number of nitrogens with one attached hydrogen (secondary N) is 1. The van der Waals surface area contributed by atoms with Crippen molar-refractivity contribution in [2.24, 2.45) is 0 Å². The van der Waals surface area contributed by atoms with Gasteiger partial charge < -0.3 is 11.1 Å². The van der Waals surface area contributed by atoms with E-state index in [1.165, 1.54) is 12.8 Å². The van der Waals surface area contributed by atoms with Gasteiger partial charge in [0.05, 0.1) is 17.9 Å². The lowest BCUT2D eigenvalue weighted by atomic mass is 10.2. The third-order valence-electron chi connectivity index (χ3n) is 3.11. The second-order valence-electron chi connectivity index (χ2n) is 4.57. The van der Waals surface area contributed by atoms with Crippen LogP contribution in [0.4, 0.5) is 11.4 Å². The van der Waals surface area contributed by atoms with Crippen molar-refractivity contribution < 1.29 is 4.79 Å². The summed E-state index contributed by atoms with van der Waals surface area (Å²) in [6, 6.07) is 5.64. The van der Waals surface area contributed by atoms with Crippen LogP contribution in [0.2, 0.25) is 5.02 Å². The minimum absolute atomic E-state index is 0.0438. The van der Waals surface area contributed by atoms with Crippen molar-refractivity contribution in [3.63, 3.8) is 0 Å². The Morgan fingerprint density at radius 3 is 2.89 bits per heavy atom. The van der Waals surface area contributed by atoms with Crippen LogP contribution in [0.15, 0.2) is 18.2 Å². The summed E-state index contributed by atoms with van der Waals surface area (Å²) in [4.78, 5) is 14.1. The maximum atomic E-state index is 11.9. The van der Waals surface area contributed by atoms with E-state index in [2.05, 4.69) is 17.1 Å². The SMILES string of the molecule is CCN(CC(=O)Nc1cc(Cl)ccc1N)C1CC1. The summed E-state index contributed by atoms with van der Waals surface area (Å²) in [6.45, 7) is 3.37. The third-order valence-corrected chi connectivity index (χ3v) is 3.34. The molecule has 0 spiro atoms. The Morgan fingerprint density at radius 1 is 1.56 bits per heavy atom. The van der Waals surface area contributed by atoms with Gasteiger partial charge in [-0.05, 0) is 37.6 Å². The maximum absolute atomic E-state index is 11.9. The molecule has 0 aromatic heterocycles. The van der Waals surface area contributed by atoms with Gasteiger partial charge in [-0.2, -0.15) is 0 Å². The fraction of sp³-hybridized carbons (Fsp3) is 0.462. The summed E-state index contributed by atoms with van der Waals surface area (Å²) in [7, 11) is 0. The van der Waals surface area contributed by atoms with Crippen molar-refractivity contribution >= 4 is 28.9 Å². The molecule has 2 rings (SSSR count). The minimum Gasteiger partial charge on any atom is -0.397 e. The van der Waals surface area contributed by atoms with E-state index >= 15 is 0 Å². The molecule has 0 radical (unpaired) electrons. The highest BCUT2D eigenvalue weighted by Crippen LogP contribution is 2.27. The highest BCUT2D eigenvalue weighted by atomic mass is 35.5. The number of carbonyl (C=O) groups is 1. The number of hydrogen-bond acceptors (Lipinski definition) is 3. The molecule has 1 aromatic rings. The summed E-state index contributed by atoms with van der Waals surface area (Å²) in [5, 5.41) is 3.37. The average Bonchev–Trinajstić information content (AvgIpc) is 3.15. The van der Waals surface area contributed by atoms with Crippen LogP contribution in [0, 0.1) is 0 Å². The number of nitrogen functional groups attached to an aromatic ring is 1. The maximum Gasteiger partial charge on any atom is 0.238 e. The predicted molar refractivity (Wildman–Crippen MR) is 74.8 cm³/mol. The fourth-order valence-corrected chi connectivity index (χ4v) is 2.12. The Labute approximate surface area is 112 Å². The average molecular weight is 268 g/mol. The van der Waals surface area contributed by atoms with Crippen molar-refractivity contribution in [2.75, 3.05) is 24.1 Å². The summed E-state index contributed by atoms with van der Waals surface area (Å²) >= 11 is 5.88. The first kappa shape index (κ1) is 13.2. The van der Waals surface area contributed by atoms with Gasteiger partial charge in [-0.15, -0.1) is 0 Å². The molecule has 1 saturated carbocycles. The van der Waals surface area contributed by atoms with Crippen LogP contribution < -0.4 is 11.1 Å². The second kappa shape index (κ2) is 5.59. The molecule has 18 heavy (non-hydrogen) atoms. The number of rotatable bonds is 5. The molecule has 0 unspecified atom stereocenters. The highest BCUT2D eigenvalue weighted by Gasteiger charge is 2.28. The zero-order valence-electron chi connectivity index (χ0n) is 10.4. The predicted octanol–water partition coefficient (Wildman–Crippen LogP) is 2.35. The molecule has 5 heteroatoms. The van der Waals surface area contributed by atoms with E-state index in [0.29, 0.717) is 29.0 Å². The van der Waals surface area contributed by atoms with Crippen LogP contribution in [-0.2, 0) is 4.79 Å². The van der Waals surface area contributed by atoms with Gasteiger partial charge in [0, 0.05) is 11.1 Å². The number of anilines is 2. The van der Waals surface area contributed by atoms with Crippen molar-refractivity contribution in [1.82, 2.24) is 4.90 Å². The normalized spacial score (nSPS) is 14.8. The number of nitrogens with zero attached hydrogens (tertiary/aromatic N) is 1. The van der Waals surface area contributed by atoms with Crippen molar-refractivity contribution in [3.05, 3.63) is 23.2 Å². The smallest absolute Gasteiger partial charge is 0.238 e. The van der Waals surface area contributed by atoms with Crippen molar-refractivity contribution in [3.8, 4) is 0 Å². The topological polar surface area (TPSA) is 58.4 Å². The molecule has 1 amide bonds. The molecule has 1 fully saturated rings. The molecule has 0 bridgehead atoms. The number of likely N-dealkylation sites (N-methyl/N-ethyl adjacent to an activating group) is 1. The molecule has 0 saturated heterocycles. The van der Waals surface area contributed by atoms with Gasteiger partial charge in [-0.3, -0.25) is 9.69 Å². The molecular weight excluding hydrogens is 250 g/mol. The molecule has 1 aliphatic rings. The Bertz CT molecular complexity index is 446. The van der Waals surface area contributed by atoms with Crippen LogP contribution in [0.25, 0.3) is 0 Å². The quantitative estimate of drug-likeness (QED) is 0.805. The Kier molecular flexibility index (Phi) is 4.09. The summed E-state index contributed by atoms with van der Waals surface area (Å²) in [6.07, 6.45) is 2.39. The molecule has 0 atom stereocenters. The van der Waals surface area contributed by atoms with Crippen molar-refractivity contribution in [1.29, 1.82) is 0 Å². The van der Waals surface area contributed by atoms with Gasteiger partial charge in [0.25, 0.3) is 0 Å². The van der Waals surface area contributed by atoms with Crippen LogP contribution in [0.3, 0.4) is 0 Å². The molecule has 3 N–H and O–H groups in total. The van der Waals surface area contributed by atoms with E-state index in [0.717, 1.165) is 6.54 Å². The number of benzene rings is 1. The highest BCUT2D eigenvalue weighted by molar-refractivity contribution is 6.31. The number of nitrogens with two attached hydrogens (primary N) is 1. The van der Waals surface area contributed by atoms with E-state index < -0.39 is 0 Å². The third kappa shape index (κ3) is 3.37. The van der Waals surface area contributed by atoms with E-state index in [4.69, 9.17) is 17.3 Å². The molecular formula is C13H18ClN3O. The Hall–Kier alpha value is -1.26. The largest absolute Gasteiger partial charge is 0.397 e. The zero-order chi connectivity index (χ0) is 13.1. The Balaban J connectivity index is 1.95. The van der Waals surface area contributed by atoms with Crippen LogP contribution in [-0.4, -0.2) is 29.9 Å². The van der Waals surface area contributed by atoms with Gasteiger partial charge in [0.2, 0.25) is 5.91 Å². The molecule has 0 heterocycles. The van der Waals surface area contributed by atoms with E-state index in [9.17, 15) is 4.79 Å². The van der Waals surface area contributed by atoms with E-state index in [-0.39, 0.29) is 5.91 Å². The van der Waals surface area contributed by atoms with Gasteiger partial charge in [0.1, 0.15) is 0 Å². The molecule has 1 aromatic carbocycles. The van der Waals surface area contributed by atoms with Gasteiger partial charge in [0.15, 0.2) is 0 Å². The summed E-state index contributed by atoms with van der Waals surface area (Å²) < 4.78 is 0. The monoisotopic (exact) mass is 267 g/mol. The second-order valence-corrected chi connectivity index (χ2v) is 5.01. The van der Waals surface area contributed by atoms with Gasteiger partial charge in [-0.25, -0.2) is 0 Å². The van der Waals surface area contributed by atoms with Crippen LogP contribution in [0.5, 0.6) is 0 Å². The molecule has 1 aliphatic carbocycles. The zero-order valence-corrected chi connectivity index (χ0v) is 11.2. The number of amides is 1. The first-order valence-electron chi connectivity index (χ1n) is 6.19. The lowest BCUT2D eigenvalue weighted by molar-refractivity contribution is -0.117. The van der Waals surface area contributed by atoms with E-state index in [1.54, 1.807) is 18.2 Å². The molecule has 98 valence electrons. The molecule has 0 aliphatic heterocycles. The number of hydrogen-bond donors (Lipinski definition) is 2. The van der Waals surface area contributed by atoms with Crippen LogP contribution in [0.1, 0.15) is 19.8 Å². The van der Waals surface area contributed by atoms with Gasteiger partial charge in [-0.1, -0.05) is 18.5 Å². The number of carbonyl (C=O) groups excluding carboxylic acids is 1. The van der Waals surface area contributed by atoms with Crippen LogP contribution >= 0.6 is 11.6 Å². The lowest BCUT2D eigenvalue weighted by Gasteiger charge is -2.19. The minimum atomic E-state index is -0.0438. The summed E-state index contributed by atoms with van der Waals surface area (Å²) in [5.74, 6) is -0.0438.